The van der Waals surface area contributed by atoms with Crippen molar-refractivity contribution in [3.63, 3.8) is 0 Å². The average molecular weight is 302 g/mol. The van der Waals surface area contributed by atoms with E-state index in [4.69, 9.17) is 9.47 Å². The highest BCUT2D eigenvalue weighted by Crippen LogP contribution is 2.22. The van der Waals surface area contributed by atoms with Crippen molar-refractivity contribution in [3.8, 4) is 23.0 Å². The van der Waals surface area contributed by atoms with Gasteiger partial charge in [0.2, 0.25) is 0 Å². The van der Waals surface area contributed by atoms with Gasteiger partial charge in [0.05, 0.1) is 11.1 Å². The summed E-state index contributed by atoms with van der Waals surface area (Å²) in [7, 11) is 0. The third-order valence-corrected chi connectivity index (χ3v) is 2.87. The average Bonchev–Trinajstić information content (AvgIpc) is 2.54. The summed E-state index contributed by atoms with van der Waals surface area (Å²) in [6.45, 7) is 0.417. The predicted molar refractivity (Wildman–Crippen MR) is 78.0 cm³/mol. The molecule has 2 aromatic carbocycles. The molecule has 0 aliphatic carbocycles. The number of phenols is 2. The topological polar surface area (TPSA) is 93.1 Å². The Morgan fingerprint density at radius 1 is 0.773 bits per heavy atom. The van der Waals surface area contributed by atoms with Crippen molar-refractivity contribution in [3.05, 3.63) is 47.5 Å². The molecule has 0 unspecified atom stereocenters. The third kappa shape index (κ3) is 3.76. The zero-order chi connectivity index (χ0) is 15.9. The van der Waals surface area contributed by atoms with Gasteiger partial charge in [-0.1, -0.05) is 0 Å². The Morgan fingerprint density at radius 2 is 1.18 bits per heavy atom. The Balaban J connectivity index is 1.87. The molecule has 0 fully saturated rings. The van der Waals surface area contributed by atoms with Crippen LogP contribution in [0.3, 0.4) is 0 Å². The summed E-state index contributed by atoms with van der Waals surface area (Å²) in [5.74, 6) is 0.652. The van der Waals surface area contributed by atoms with Crippen molar-refractivity contribution in [2.75, 3.05) is 13.2 Å². The van der Waals surface area contributed by atoms with Crippen molar-refractivity contribution < 1.29 is 29.3 Å². The monoisotopic (exact) mass is 302 g/mol. The number of hydrogen-bond acceptors (Lipinski definition) is 6. The Morgan fingerprint density at radius 3 is 1.55 bits per heavy atom. The molecule has 114 valence electrons. The van der Waals surface area contributed by atoms with Gasteiger partial charge in [0, 0.05) is 0 Å². The smallest absolute Gasteiger partial charge is 0.153 e. The summed E-state index contributed by atoms with van der Waals surface area (Å²) in [6, 6.07) is 8.66. The SMILES string of the molecule is O=Cc1cc(OCCOc2ccc(O)c(C=O)c2)ccc1O. The molecule has 2 N–H and O–H groups in total. The van der Waals surface area contributed by atoms with Gasteiger partial charge in [0.1, 0.15) is 36.2 Å². The molecular weight excluding hydrogens is 288 g/mol. The zero-order valence-corrected chi connectivity index (χ0v) is 11.6. The van der Waals surface area contributed by atoms with Crippen LogP contribution in [-0.4, -0.2) is 36.0 Å². The molecule has 0 aliphatic rings. The number of rotatable bonds is 7. The maximum absolute atomic E-state index is 10.7. The van der Waals surface area contributed by atoms with Crippen LogP contribution in [0.1, 0.15) is 20.7 Å². The van der Waals surface area contributed by atoms with Gasteiger partial charge in [-0.25, -0.2) is 0 Å². The van der Waals surface area contributed by atoms with E-state index in [1.54, 1.807) is 0 Å². The van der Waals surface area contributed by atoms with Gasteiger partial charge < -0.3 is 19.7 Å². The second-order valence-corrected chi connectivity index (χ2v) is 4.37. The quantitative estimate of drug-likeness (QED) is 0.601. The first-order chi connectivity index (χ1) is 10.6. The molecule has 6 heteroatoms. The van der Waals surface area contributed by atoms with Crippen LogP contribution in [0.2, 0.25) is 0 Å². The highest BCUT2D eigenvalue weighted by Gasteiger charge is 2.04. The summed E-state index contributed by atoms with van der Waals surface area (Å²) >= 11 is 0. The number of carbonyl (C=O) groups excluding carboxylic acids is 2. The van der Waals surface area contributed by atoms with E-state index in [1.807, 2.05) is 0 Å². The van der Waals surface area contributed by atoms with Crippen LogP contribution in [0.4, 0.5) is 0 Å². The number of aromatic hydroxyl groups is 2. The summed E-state index contributed by atoms with van der Waals surface area (Å²) in [5.41, 5.74) is 0.292. The van der Waals surface area contributed by atoms with E-state index in [1.165, 1.54) is 36.4 Å². The summed E-state index contributed by atoms with van der Waals surface area (Å²) < 4.78 is 10.8. The van der Waals surface area contributed by atoms with Crippen LogP contribution in [-0.2, 0) is 0 Å². The standard InChI is InChI=1S/C16H14O6/c17-9-11-7-13(1-3-15(11)19)21-5-6-22-14-2-4-16(20)12(8-14)10-18/h1-4,7-10,19-20H,5-6H2. The highest BCUT2D eigenvalue weighted by molar-refractivity contribution is 5.80. The minimum Gasteiger partial charge on any atom is -0.507 e. The van der Waals surface area contributed by atoms with Crippen LogP contribution >= 0.6 is 0 Å². The lowest BCUT2D eigenvalue weighted by Gasteiger charge is -2.09. The van der Waals surface area contributed by atoms with Crippen molar-refractivity contribution in [2.45, 2.75) is 0 Å². The molecule has 0 spiro atoms. The minimum absolute atomic E-state index is 0.107. The fourth-order valence-electron chi connectivity index (χ4n) is 1.75. The van der Waals surface area contributed by atoms with Gasteiger partial charge in [0.25, 0.3) is 0 Å². The van der Waals surface area contributed by atoms with Gasteiger partial charge in [-0.15, -0.1) is 0 Å². The molecule has 0 aromatic heterocycles. The van der Waals surface area contributed by atoms with Gasteiger partial charge >= 0.3 is 0 Å². The summed E-state index contributed by atoms with van der Waals surface area (Å²) in [6.07, 6.45) is 1.08. The number of phenolic OH excluding ortho intramolecular Hbond substituents is 2. The minimum atomic E-state index is -0.107. The van der Waals surface area contributed by atoms with Gasteiger partial charge in [-0.3, -0.25) is 9.59 Å². The lowest BCUT2D eigenvalue weighted by molar-refractivity contribution is 0.111. The van der Waals surface area contributed by atoms with Crippen molar-refractivity contribution in [1.29, 1.82) is 0 Å². The van der Waals surface area contributed by atoms with Gasteiger partial charge in [-0.05, 0) is 36.4 Å². The third-order valence-electron chi connectivity index (χ3n) is 2.87. The normalized spacial score (nSPS) is 10.0. The molecule has 6 nitrogen and oxygen atoms in total. The number of ether oxygens (including phenoxy) is 2. The Kier molecular flexibility index (Phi) is 4.98. The summed E-state index contributed by atoms with van der Waals surface area (Å²) in [5, 5.41) is 18.7. The van der Waals surface area contributed by atoms with E-state index in [0.717, 1.165) is 0 Å². The molecule has 0 aliphatic heterocycles. The molecule has 0 amide bonds. The molecule has 22 heavy (non-hydrogen) atoms. The fourth-order valence-corrected chi connectivity index (χ4v) is 1.75. The Labute approximate surface area is 126 Å². The summed E-state index contributed by atoms with van der Waals surface area (Å²) in [4.78, 5) is 21.4. The van der Waals surface area contributed by atoms with Crippen LogP contribution in [0.5, 0.6) is 23.0 Å². The first-order valence-corrected chi connectivity index (χ1v) is 6.46. The molecule has 0 heterocycles. The molecule has 0 bridgehead atoms. The molecule has 2 rings (SSSR count). The van der Waals surface area contributed by atoms with Crippen LogP contribution in [0.15, 0.2) is 36.4 Å². The Hall–Kier alpha value is -3.02. The van der Waals surface area contributed by atoms with Crippen LogP contribution in [0, 0.1) is 0 Å². The van der Waals surface area contributed by atoms with Crippen LogP contribution in [0.25, 0.3) is 0 Å². The zero-order valence-electron chi connectivity index (χ0n) is 11.6. The number of carbonyl (C=O) groups is 2. The van der Waals surface area contributed by atoms with E-state index in [0.29, 0.717) is 24.1 Å². The van der Waals surface area contributed by atoms with E-state index in [2.05, 4.69) is 0 Å². The lowest BCUT2D eigenvalue weighted by Crippen LogP contribution is -2.09. The van der Waals surface area contributed by atoms with Crippen LogP contribution < -0.4 is 9.47 Å². The van der Waals surface area contributed by atoms with E-state index >= 15 is 0 Å². The number of hydrogen-bond donors (Lipinski definition) is 2. The van der Waals surface area contributed by atoms with Crippen molar-refractivity contribution >= 4 is 12.6 Å². The Bertz CT molecular complexity index is 621. The first kappa shape index (κ1) is 15.4. The maximum Gasteiger partial charge on any atom is 0.153 e. The fraction of sp³-hybridized carbons (Fsp3) is 0.125. The number of benzene rings is 2. The molecule has 0 saturated carbocycles. The van der Waals surface area contributed by atoms with Gasteiger partial charge in [0.15, 0.2) is 12.6 Å². The predicted octanol–water partition coefficient (Wildman–Crippen LogP) is 2.18. The second kappa shape index (κ2) is 7.12. The van der Waals surface area contributed by atoms with E-state index < -0.39 is 0 Å². The number of aldehydes is 2. The molecule has 0 atom stereocenters. The van der Waals surface area contributed by atoms with E-state index in [9.17, 15) is 19.8 Å². The lowest BCUT2D eigenvalue weighted by atomic mass is 10.2. The van der Waals surface area contributed by atoms with Crippen molar-refractivity contribution in [2.24, 2.45) is 0 Å². The van der Waals surface area contributed by atoms with Crippen molar-refractivity contribution in [1.82, 2.24) is 0 Å². The largest absolute Gasteiger partial charge is 0.507 e. The molecule has 0 saturated heterocycles. The molecular formula is C16H14O6. The molecule has 2 aromatic rings. The van der Waals surface area contributed by atoms with Gasteiger partial charge in [-0.2, -0.15) is 0 Å². The maximum atomic E-state index is 10.7. The van der Waals surface area contributed by atoms with E-state index in [-0.39, 0.29) is 35.8 Å². The highest BCUT2D eigenvalue weighted by atomic mass is 16.5. The second-order valence-electron chi connectivity index (χ2n) is 4.37. The molecule has 0 radical (unpaired) electrons. The first-order valence-electron chi connectivity index (χ1n) is 6.46.